The van der Waals surface area contributed by atoms with Crippen LogP contribution in [0.25, 0.3) is 0 Å². The first kappa shape index (κ1) is 16.2. The molecule has 1 N–H and O–H groups in total. The fourth-order valence-electron chi connectivity index (χ4n) is 4.21. The molecule has 0 radical (unpaired) electrons. The van der Waals surface area contributed by atoms with Gasteiger partial charge in [-0.3, -0.25) is 9.69 Å². The van der Waals surface area contributed by atoms with Gasteiger partial charge in [0.15, 0.2) is 0 Å². The largest absolute Gasteiger partial charge is 0.465 e. The molecule has 1 aromatic rings. The molecule has 0 aromatic carbocycles. The molecule has 3 fully saturated rings. The highest BCUT2D eigenvalue weighted by Gasteiger charge is 2.41. The Balaban J connectivity index is 1.31. The molecule has 5 nitrogen and oxygen atoms in total. The second-order valence-corrected chi connectivity index (χ2v) is 7.88. The first-order chi connectivity index (χ1) is 11.7. The minimum Gasteiger partial charge on any atom is -0.465 e. The van der Waals surface area contributed by atoms with E-state index in [0.29, 0.717) is 24.2 Å². The molecule has 24 heavy (non-hydrogen) atoms. The summed E-state index contributed by atoms with van der Waals surface area (Å²) in [5.74, 6) is 4.42. The maximum absolute atomic E-state index is 12.2. The highest BCUT2D eigenvalue weighted by Crippen LogP contribution is 2.36. The van der Waals surface area contributed by atoms with Gasteiger partial charge in [-0.1, -0.05) is 0 Å². The van der Waals surface area contributed by atoms with E-state index in [-0.39, 0.29) is 5.91 Å². The van der Waals surface area contributed by atoms with Crippen LogP contribution in [-0.2, 0) is 16.1 Å². The predicted molar refractivity (Wildman–Crippen MR) is 90.4 cm³/mol. The van der Waals surface area contributed by atoms with Gasteiger partial charge in [0.25, 0.3) is 0 Å². The molecule has 5 heteroatoms. The number of ether oxygens (including phenoxy) is 1. The van der Waals surface area contributed by atoms with Crippen LogP contribution in [0.5, 0.6) is 0 Å². The van der Waals surface area contributed by atoms with Crippen molar-refractivity contribution in [2.24, 2.45) is 23.7 Å². The molecule has 0 spiro atoms. The number of rotatable bonds is 6. The van der Waals surface area contributed by atoms with E-state index in [1.54, 1.807) is 0 Å². The Labute approximate surface area is 143 Å². The van der Waals surface area contributed by atoms with E-state index in [1.807, 2.05) is 13.0 Å². The summed E-state index contributed by atoms with van der Waals surface area (Å²) < 4.78 is 11.5. The van der Waals surface area contributed by atoms with Gasteiger partial charge in [0.2, 0.25) is 5.91 Å². The Morgan fingerprint density at radius 1 is 1.29 bits per heavy atom. The fraction of sp³-hybridized carbons (Fsp3) is 0.737. The number of likely N-dealkylation sites (tertiary alicyclic amines) is 1. The van der Waals surface area contributed by atoms with Crippen LogP contribution in [0.1, 0.15) is 30.8 Å². The van der Waals surface area contributed by atoms with Crippen molar-refractivity contribution in [2.75, 3.05) is 32.8 Å². The van der Waals surface area contributed by atoms with Crippen molar-refractivity contribution >= 4 is 5.91 Å². The van der Waals surface area contributed by atoms with Gasteiger partial charge in [0, 0.05) is 26.1 Å². The van der Waals surface area contributed by atoms with Crippen LogP contribution in [0.2, 0.25) is 0 Å². The van der Waals surface area contributed by atoms with E-state index in [9.17, 15) is 4.79 Å². The smallest absolute Gasteiger partial charge is 0.220 e. The number of hydrogen-bond acceptors (Lipinski definition) is 4. The lowest BCUT2D eigenvalue weighted by Gasteiger charge is -2.32. The third kappa shape index (κ3) is 3.83. The van der Waals surface area contributed by atoms with E-state index in [2.05, 4.69) is 16.3 Å². The van der Waals surface area contributed by atoms with Gasteiger partial charge >= 0.3 is 0 Å². The van der Waals surface area contributed by atoms with E-state index >= 15 is 0 Å². The molecule has 4 rings (SSSR count). The monoisotopic (exact) mass is 332 g/mol. The predicted octanol–water partition coefficient (Wildman–Crippen LogP) is 2.20. The Bertz CT molecular complexity index is 581. The highest BCUT2D eigenvalue weighted by molar-refractivity contribution is 5.76. The average molecular weight is 332 g/mol. The minimum atomic E-state index is 0.205. The molecule has 3 aliphatic rings. The maximum atomic E-state index is 12.2. The molecule has 1 aliphatic carbocycles. The zero-order valence-electron chi connectivity index (χ0n) is 14.5. The Hall–Kier alpha value is -1.33. The second kappa shape index (κ2) is 6.89. The number of furan rings is 1. The number of aryl methyl sites for hydroxylation is 1. The lowest BCUT2D eigenvalue weighted by Crippen LogP contribution is -2.38. The Morgan fingerprint density at radius 3 is 2.92 bits per heavy atom. The number of nitrogens with zero attached hydrogens (tertiary/aromatic N) is 1. The molecule has 1 saturated carbocycles. The molecular formula is C19H28N2O3. The quantitative estimate of drug-likeness (QED) is 0.868. The van der Waals surface area contributed by atoms with Gasteiger partial charge in [-0.25, -0.2) is 0 Å². The number of carbonyl (C=O) groups excluding carboxylic acids is 1. The van der Waals surface area contributed by atoms with Crippen molar-refractivity contribution in [1.29, 1.82) is 0 Å². The van der Waals surface area contributed by atoms with Crippen LogP contribution in [0.4, 0.5) is 0 Å². The number of fused-ring (bicyclic) bond motifs is 1. The average Bonchev–Trinajstić information content (AvgIpc) is 3.16. The number of amides is 1. The summed E-state index contributed by atoms with van der Waals surface area (Å²) in [7, 11) is 0. The van der Waals surface area contributed by atoms with Gasteiger partial charge < -0.3 is 14.5 Å². The van der Waals surface area contributed by atoms with E-state index < -0.39 is 0 Å². The molecule has 1 amide bonds. The maximum Gasteiger partial charge on any atom is 0.220 e. The zero-order valence-corrected chi connectivity index (χ0v) is 14.5. The molecule has 2 aliphatic heterocycles. The molecule has 2 saturated heterocycles. The van der Waals surface area contributed by atoms with Crippen LogP contribution in [0.3, 0.4) is 0 Å². The van der Waals surface area contributed by atoms with Gasteiger partial charge in [-0.15, -0.1) is 0 Å². The van der Waals surface area contributed by atoms with Crippen LogP contribution in [0, 0.1) is 30.6 Å². The molecule has 1 aromatic heterocycles. The Kier molecular flexibility index (Phi) is 4.63. The van der Waals surface area contributed by atoms with Crippen molar-refractivity contribution in [2.45, 2.75) is 32.7 Å². The van der Waals surface area contributed by atoms with Crippen molar-refractivity contribution in [3.05, 3.63) is 23.7 Å². The van der Waals surface area contributed by atoms with E-state index in [1.165, 1.54) is 12.8 Å². The van der Waals surface area contributed by atoms with Crippen LogP contribution in [0.15, 0.2) is 16.5 Å². The van der Waals surface area contributed by atoms with E-state index in [0.717, 1.165) is 56.8 Å². The molecule has 3 heterocycles. The third-order valence-corrected chi connectivity index (χ3v) is 5.74. The number of carbonyl (C=O) groups is 1. The van der Waals surface area contributed by atoms with Crippen molar-refractivity contribution in [3.8, 4) is 0 Å². The molecule has 132 valence electrons. The van der Waals surface area contributed by atoms with Crippen molar-refractivity contribution in [3.63, 3.8) is 0 Å². The first-order valence-electron chi connectivity index (χ1n) is 9.29. The standard InChI is InChI=1S/C19H28N2O3/c1-13-2-5-17(24-13)9-21-8-16-12-23-11-15(18(16)10-21)6-19(22)20-7-14-3-4-14/h2,5,14-16,18H,3-4,6-12H2,1H3,(H,20,22)/t15-,16-,18+/m0/s1. The van der Waals surface area contributed by atoms with Gasteiger partial charge in [-0.05, 0) is 55.6 Å². The summed E-state index contributed by atoms with van der Waals surface area (Å²) in [4.78, 5) is 14.7. The highest BCUT2D eigenvalue weighted by atomic mass is 16.5. The molecule has 0 bridgehead atoms. The van der Waals surface area contributed by atoms with Crippen LogP contribution >= 0.6 is 0 Å². The van der Waals surface area contributed by atoms with Crippen molar-refractivity contribution in [1.82, 2.24) is 10.2 Å². The topological polar surface area (TPSA) is 54.7 Å². The Morgan fingerprint density at radius 2 is 2.17 bits per heavy atom. The number of nitrogens with one attached hydrogen (secondary N) is 1. The lowest BCUT2D eigenvalue weighted by molar-refractivity contribution is -0.124. The van der Waals surface area contributed by atoms with Crippen molar-refractivity contribution < 1.29 is 13.9 Å². The van der Waals surface area contributed by atoms with Crippen LogP contribution < -0.4 is 5.32 Å². The summed E-state index contributed by atoms with van der Waals surface area (Å²) in [6, 6.07) is 4.09. The summed E-state index contributed by atoms with van der Waals surface area (Å²) in [5, 5.41) is 3.10. The fourth-order valence-corrected chi connectivity index (χ4v) is 4.21. The minimum absolute atomic E-state index is 0.205. The normalized spacial score (nSPS) is 30.3. The van der Waals surface area contributed by atoms with Crippen LogP contribution in [-0.4, -0.2) is 43.7 Å². The zero-order chi connectivity index (χ0) is 16.5. The van der Waals surface area contributed by atoms with Gasteiger partial charge in [0.05, 0.1) is 19.8 Å². The molecular weight excluding hydrogens is 304 g/mol. The third-order valence-electron chi connectivity index (χ3n) is 5.74. The molecule has 3 atom stereocenters. The summed E-state index contributed by atoms with van der Waals surface area (Å²) in [6.45, 7) is 7.37. The second-order valence-electron chi connectivity index (χ2n) is 7.88. The summed E-state index contributed by atoms with van der Waals surface area (Å²) in [5.41, 5.74) is 0. The van der Waals surface area contributed by atoms with Gasteiger partial charge in [-0.2, -0.15) is 0 Å². The summed E-state index contributed by atoms with van der Waals surface area (Å²) in [6.07, 6.45) is 3.17. The first-order valence-corrected chi connectivity index (χ1v) is 9.29. The summed E-state index contributed by atoms with van der Waals surface area (Å²) >= 11 is 0. The SMILES string of the molecule is Cc1ccc(CN2C[C@H]3COC[C@H](CC(=O)NCC4CC4)[C@H]3C2)o1. The molecule has 0 unspecified atom stereocenters. The van der Waals surface area contributed by atoms with E-state index in [4.69, 9.17) is 9.15 Å². The number of hydrogen-bond donors (Lipinski definition) is 1. The van der Waals surface area contributed by atoms with Gasteiger partial charge in [0.1, 0.15) is 11.5 Å². The lowest BCUT2D eigenvalue weighted by atomic mass is 9.81.